The van der Waals surface area contributed by atoms with E-state index in [2.05, 4.69) is 12.1 Å². The molecule has 0 atom stereocenters. The highest BCUT2D eigenvalue weighted by Crippen LogP contribution is 2.28. The van der Waals surface area contributed by atoms with Crippen molar-refractivity contribution in [3.8, 4) is 0 Å². The molecular formula is C16H19NOS. The van der Waals surface area contributed by atoms with Crippen molar-refractivity contribution in [3.05, 3.63) is 35.2 Å². The summed E-state index contributed by atoms with van der Waals surface area (Å²) in [6.45, 7) is 0. The molecule has 0 bridgehead atoms. The third kappa shape index (κ3) is 2.52. The summed E-state index contributed by atoms with van der Waals surface area (Å²) in [6.07, 6.45) is 6.16. The molecule has 2 aromatic rings. The Morgan fingerprint density at radius 1 is 1.21 bits per heavy atom. The van der Waals surface area contributed by atoms with Crippen molar-refractivity contribution < 1.29 is 4.79 Å². The average Bonchev–Trinajstić information content (AvgIpc) is 2.90. The van der Waals surface area contributed by atoms with E-state index in [1.54, 1.807) is 11.3 Å². The Morgan fingerprint density at radius 3 is 2.68 bits per heavy atom. The maximum Gasteiger partial charge on any atom is 0.263 e. The van der Waals surface area contributed by atoms with Crippen molar-refractivity contribution in [1.29, 1.82) is 0 Å². The summed E-state index contributed by atoms with van der Waals surface area (Å²) < 4.78 is 1.20. The monoisotopic (exact) mass is 273 g/mol. The Bertz CT molecular complexity index is 550. The summed E-state index contributed by atoms with van der Waals surface area (Å²) in [5.41, 5.74) is 0. The summed E-state index contributed by atoms with van der Waals surface area (Å²) in [6, 6.07) is 10.7. The van der Waals surface area contributed by atoms with Crippen LogP contribution in [0.3, 0.4) is 0 Å². The number of hydrogen-bond donors (Lipinski definition) is 0. The van der Waals surface area contributed by atoms with Crippen molar-refractivity contribution in [2.24, 2.45) is 0 Å². The van der Waals surface area contributed by atoms with E-state index in [0.717, 1.165) is 17.7 Å². The molecule has 1 aromatic heterocycles. The Kier molecular flexibility index (Phi) is 3.56. The van der Waals surface area contributed by atoms with Crippen LogP contribution in [-0.4, -0.2) is 23.9 Å². The molecule has 2 nitrogen and oxygen atoms in total. The van der Waals surface area contributed by atoms with Crippen LogP contribution in [0.1, 0.15) is 41.8 Å². The molecule has 0 aliphatic heterocycles. The molecule has 1 saturated carbocycles. The maximum atomic E-state index is 12.5. The normalized spacial score (nSPS) is 16.7. The molecule has 1 aliphatic carbocycles. The predicted molar refractivity (Wildman–Crippen MR) is 80.8 cm³/mol. The lowest BCUT2D eigenvalue weighted by Crippen LogP contribution is -2.37. The van der Waals surface area contributed by atoms with Gasteiger partial charge in [0, 0.05) is 17.8 Å². The van der Waals surface area contributed by atoms with E-state index in [-0.39, 0.29) is 5.91 Å². The highest BCUT2D eigenvalue weighted by atomic mass is 32.1. The molecule has 0 N–H and O–H groups in total. The average molecular weight is 273 g/mol. The number of benzene rings is 1. The zero-order chi connectivity index (χ0) is 13.2. The Labute approximate surface area is 118 Å². The smallest absolute Gasteiger partial charge is 0.263 e. The van der Waals surface area contributed by atoms with Gasteiger partial charge in [0.15, 0.2) is 0 Å². The molecule has 1 amide bonds. The topological polar surface area (TPSA) is 20.3 Å². The first-order valence-corrected chi connectivity index (χ1v) is 7.83. The van der Waals surface area contributed by atoms with Crippen LogP contribution >= 0.6 is 11.3 Å². The van der Waals surface area contributed by atoms with Crippen LogP contribution in [0.15, 0.2) is 30.3 Å². The second-order valence-electron chi connectivity index (χ2n) is 5.36. The van der Waals surface area contributed by atoms with Crippen LogP contribution in [0, 0.1) is 0 Å². The van der Waals surface area contributed by atoms with E-state index in [9.17, 15) is 4.79 Å². The third-order valence-corrected chi connectivity index (χ3v) is 5.18. The first-order valence-electron chi connectivity index (χ1n) is 7.01. The molecule has 1 aliphatic rings. The minimum Gasteiger partial charge on any atom is -0.338 e. The summed E-state index contributed by atoms with van der Waals surface area (Å²) in [5.74, 6) is 0.188. The molecular weight excluding hydrogens is 254 g/mol. The Morgan fingerprint density at radius 2 is 1.95 bits per heavy atom. The number of amides is 1. The molecule has 1 heterocycles. The van der Waals surface area contributed by atoms with Gasteiger partial charge in [-0.2, -0.15) is 0 Å². The second kappa shape index (κ2) is 5.33. The molecule has 0 radical (unpaired) electrons. The molecule has 100 valence electrons. The van der Waals surface area contributed by atoms with E-state index >= 15 is 0 Å². The first-order chi connectivity index (χ1) is 9.25. The zero-order valence-electron chi connectivity index (χ0n) is 11.3. The molecule has 0 saturated heterocycles. The van der Waals surface area contributed by atoms with E-state index in [4.69, 9.17) is 0 Å². The predicted octanol–water partition coefficient (Wildman–Crippen LogP) is 4.31. The van der Waals surface area contributed by atoms with E-state index in [1.807, 2.05) is 30.1 Å². The number of carbonyl (C=O) groups excluding carboxylic acids is 1. The lowest BCUT2D eigenvalue weighted by molar-refractivity contribution is 0.0701. The Hall–Kier alpha value is -1.35. The second-order valence-corrected chi connectivity index (χ2v) is 6.44. The highest BCUT2D eigenvalue weighted by molar-refractivity contribution is 7.20. The van der Waals surface area contributed by atoms with Gasteiger partial charge in [-0.3, -0.25) is 4.79 Å². The zero-order valence-corrected chi connectivity index (χ0v) is 12.1. The summed E-state index contributed by atoms with van der Waals surface area (Å²) in [4.78, 5) is 15.4. The van der Waals surface area contributed by atoms with Crippen LogP contribution in [0.4, 0.5) is 0 Å². The van der Waals surface area contributed by atoms with Gasteiger partial charge in [0.1, 0.15) is 0 Å². The lowest BCUT2D eigenvalue weighted by Gasteiger charge is -2.30. The molecule has 3 rings (SSSR count). The van der Waals surface area contributed by atoms with Crippen molar-refractivity contribution in [2.45, 2.75) is 38.1 Å². The lowest BCUT2D eigenvalue weighted by atomic mass is 9.94. The molecule has 19 heavy (non-hydrogen) atoms. The van der Waals surface area contributed by atoms with Crippen LogP contribution in [0.25, 0.3) is 10.1 Å². The standard InChI is InChI=1S/C16H19NOS/c1-17(13-8-3-2-4-9-13)16(18)15-11-12-7-5-6-10-14(12)19-15/h5-7,10-11,13H,2-4,8-9H2,1H3. The van der Waals surface area contributed by atoms with Crippen molar-refractivity contribution in [3.63, 3.8) is 0 Å². The molecule has 1 fully saturated rings. The van der Waals surface area contributed by atoms with Crippen molar-refractivity contribution >= 4 is 27.3 Å². The van der Waals surface area contributed by atoms with E-state index in [0.29, 0.717) is 6.04 Å². The number of thiophene rings is 1. The first kappa shape index (κ1) is 12.7. The van der Waals surface area contributed by atoms with Gasteiger partial charge in [0.05, 0.1) is 4.88 Å². The number of fused-ring (bicyclic) bond motifs is 1. The van der Waals surface area contributed by atoms with Crippen molar-refractivity contribution in [1.82, 2.24) is 4.90 Å². The summed E-state index contributed by atoms with van der Waals surface area (Å²) >= 11 is 1.61. The van der Waals surface area contributed by atoms with Gasteiger partial charge in [-0.1, -0.05) is 37.5 Å². The fourth-order valence-corrected chi connectivity index (χ4v) is 3.94. The summed E-state index contributed by atoms with van der Waals surface area (Å²) in [5, 5.41) is 1.17. The largest absolute Gasteiger partial charge is 0.338 e. The van der Waals surface area contributed by atoms with Gasteiger partial charge >= 0.3 is 0 Å². The number of nitrogens with zero attached hydrogens (tertiary/aromatic N) is 1. The van der Waals surface area contributed by atoms with Crippen molar-refractivity contribution in [2.75, 3.05) is 7.05 Å². The minimum atomic E-state index is 0.188. The van der Waals surface area contributed by atoms with Gasteiger partial charge in [-0.05, 0) is 30.4 Å². The van der Waals surface area contributed by atoms with Gasteiger partial charge in [-0.25, -0.2) is 0 Å². The van der Waals surface area contributed by atoms with Crippen LogP contribution in [-0.2, 0) is 0 Å². The quantitative estimate of drug-likeness (QED) is 0.798. The van der Waals surface area contributed by atoms with Gasteiger partial charge < -0.3 is 4.90 Å². The fraction of sp³-hybridized carbons (Fsp3) is 0.438. The van der Waals surface area contributed by atoms with E-state index in [1.165, 1.54) is 29.3 Å². The number of carbonyl (C=O) groups is 1. The Balaban J connectivity index is 1.82. The fourth-order valence-electron chi connectivity index (χ4n) is 2.90. The maximum absolute atomic E-state index is 12.5. The van der Waals surface area contributed by atoms with Gasteiger partial charge in [-0.15, -0.1) is 11.3 Å². The van der Waals surface area contributed by atoms with Gasteiger partial charge in [0.2, 0.25) is 0 Å². The molecule has 0 spiro atoms. The molecule has 3 heteroatoms. The van der Waals surface area contributed by atoms with Crippen LogP contribution in [0.5, 0.6) is 0 Å². The van der Waals surface area contributed by atoms with E-state index < -0.39 is 0 Å². The number of hydrogen-bond acceptors (Lipinski definition) is 2. The SMILES string of the molecule is CN(C(=O)c1cc2ccccc2s1)C1CCCCC1. The third-order valence-electron chi connectivity index (χ3n) is 4.08. The molecule has 1 aromatic carbocycles. The highest BCUT2D eigenvalue weighted by Gasteiger charge is 2.23. The van der Waals surface area contributed by atoms with Gasteiger partial charge in [0.25, 0.3) is 5.91 Å². The van der Waals surface area contributed by atoms with Crippen LogP contribution in [0.2, 0.25) is 0 Å². The van der Waals surface area contributed by atoms with Crippen LogP contribution < -0.4 is 0 Å². The summed E-state index contributed by atoms with van der Waals surface area (Å²) in [7, 11) is 1.96. The molecule has 0 unspecified atom stereocenters. The minimum absolute atomic E-state index is 0.188. The number of rotatable bonds is 2.